The van der Waals surface area contributed by atoms with Crippen LogP contribution in [0.25, 0.3) is 0 Å². The molecule has 3 unspecified atom stereocenters. The van der Waals surface area contributed by atoms with E-state index in [1.165, 1.54) is 0 Å². The standard InChI is InChI=1S/C15H13F9N2O2/c1-6-10(11(28-2)15(22,23)24)12(27)26(25-6)9-4-7(13(16,17)18)3-8(5-9)14(19,20)21/h3-5,10-12,27H,1-2H3. The van der Waals surface area contributed by atoms with Gasteiger partial charge in [-0.05, 0) is 25.1 Å². The van der Waals surface area contributed by atoms with E-state index in [9.17, 15) is 44.6 Å². The maximum Gasteiger partial charge on any atom is 0.416 e. The van der Waals surface area contributed by atoms with Crippen LogP contribution in [0, 0.1) is 5.92 Å². The third-order valence-electron chi connectivity index (χ3n) is 4.06. The highest BCUT2D eigenvalue weighted by atomic mass is 19.4. The topological polar surface area (TPSA) is 45.1 Å². The van der Waals surface area contributed by atoms with E-state index in [2.05, 4.69) is 9.84 Å². The molecule has 0 aromatic heterocycles. The average molecular weight is 424 g/mol. The molecule has 0 amide bonds. The van der Waals surface area contributed by atoms with Gasteiger partial charge < -0.3 is 9.84 Å². The summed E-state index contributed by atoms with van der Waals surface area (Å²) < 4.78 is 121. The Hall–Kier alpha value is -2.02. The second kappa shape index (κ2) is 7.10. The number of benzene rings is 1. The van der Waals surface area contributed by atoms with Gasteiger partial charge in [0.15, 0.2) is 12.3 Å². The van der Waals surface area contributed by atoms with Crippen molar-refractivity contribution < 1.29 is 49.4 Å². The summed E-state index contributed by atoms with van der Waals surface area (Å²) in [6.45, 7) is 1.05. The molecule has 1 aliphatic rings. The molecule has 3 atom stereocenters. The van der Waals surface area contributed by atoms with Crippen molar-refractivity contribution in [2.75, 3.05) is 12.1 Å². The molecule has 1 N–H and O–H groups in total. The number of ether oxygens (including phenoxy) is 1. The Balaban J connectivity index is 2.54. The van der Waals surface area contributed by atoms with Crippen LogP contribution in [-0.4, -0.2) is 36.4 Å². The van der Waals surface area contributed by atoms with Crippen molar-refractivity contribution in [3.63, 3.8) is 0 Å². The van der Waals surface area contributed by atoms with Crippen molar-refractivity contribution in [2.24, 2.45) is 11.0 Å². The molecule has 0 spiro atoms. The number of aliphatic hydroxyl groups excluding tert-OH is 1. The molecule has 158 valence electrons. The lowest BCUT2D eigenvalue weighted by Crippen LogP contribution is -2.47. The SMILES string of the molecule is COC(C1C(C)=NN(c2cc(C(F)(F)F)cc(C(F)(F)F)c2)C1O)C(F)(F)F. The predicted molar refractivity (Wildman–Crippen MR) is 78.4 cm³/mol. The lowest BCUT2D eigenvalue weighted by atomic mass is 9.95. The van der Waals surface area contributed by atoms with Crippen molar-refractivity contribution in [1.82, 2.24) is 0 Å². The van der Waals surface area contributed by atoms with E-state index in [4.69, 9.17) is 0 Å². The van der Waals surface area contributed by atoms with E-state index >= 15 is 0 Å². The number of rotatable bonds is 3. The van der Waals surface area contributed by atoms with E-state index in [1.54, 1.807) is 0 Å². The van der Waals surface area contributed by atoms with E-state index in [-0.39, 0.29) is 28.9 Å². The second-order valence-corrected chi connectivity index (χ2v) is 5.99. The van der Waals surface area contributed by atoms with E-state index < -0.39 is 53.6 Å². The number of hydrogen-bond donors (Lipinski definition) is 1. The fraction of sp³-hybridized carbons (Fsp3) is 0.533. The first-order chi connectivity index (χ1) is 12.6. The van der Waals surface area contributed by atoms with Crippen molar-refractivity contribution in [3.8, 4) is 0 Å². The first-order valence-corrected chi connectivity index (χ1v) is 7.48. The molecule has 28 heavy (non-hydrogen) atoms. The van der Waals surface area contributed by atoms with Gasteiger partial charge in [-0.3, -0.25) is 0 Å². The van der Waals surface area contributed by atoms with Crippen LogP contribution >= 0.6 is 0 Å². The summed E-state index contributed by atoms with van der Waals surface area (Å²) in [6.07, 6.45) is -20.1. The molecule has 0 fully saturated rings. The lowest BCUT2D eigenvalue weighted by Gasteiger charge is -2.30. The normalized spacial score (nSPS) is 22.4. The highest BCUT2D eigenvalue weighted by Gasteiger charge is 2.52. The maximum absolute atomic E-state index is 13.1. The highest BCUT2D eigenvalue weighted by Crippen LogP contribution is 2.41. The van der Waals surface area contributed by atoms with Gasteiger partial charge in [0, 0.05) is 12.8 Å². The summed E-state index contributed by atoms with van der Waals surface area (Å²) in [6, 6.07) is 0.369. The third kappa shape index (κ3) is 4.35. The number of alkyl halides is 9. The lowest BCUT2D eigenvalue weighted by molar-refractivity contribution is -0.228. The number of halogens is 9. The van der Waals surface area contributed by atoms with Crippen LogP contribution < -0.4 is 5.01 Å². The minimum absolute atomic E-state index is 0.145. The van der Waals surface area contributed by atoms with Gasteiger partial charge in [-0.15, -0.1) is 0 Å². The van der Waals surface area contributed by atoms with Crippen molar-refractivity contribution in [3.05, 3.63) is 29.3 Å². The average Bonchev–Trinajstić information content (AvgIpc) is 2.80. The van der Waals surface area contributed by atoms with Gasteiger partial charge in [-0.1, -0.05) is 0 Å². The molecular formula is C15H13F9N2O2. The first kappa shape index (κ1) is 22.3. The summed E-state index contributed by atoms with van der Waals surface area (Å²) in [5, 5.41) is 14.0. The van der Waals surface area contributed by atoms with Gasteiger partial charge in [0.05, 0.1) is 22.7 Å². The molecule has 0 saturated carbocycles. The van der Waals surface area contributed by atoms with Gasteiger partial charge in [0.25, 0.3) is 0 Å². The monoisotopic (exact) mass is 424 g/mol. The highest BCUT2D eigenvalue weighted by molar-refractivity contribution is 5.89. The summed E-state index contributed by atoms with van der Waals surface area (Å²) in [5.41, 5.74) is -4.63. The Kier molecular flexibility index (Phi) is 5.65. The summed E-state index contributed by atoms with van der Waals surface area (Å²) in [4.78, 5) is 0. The Bertz CT molecular complexity index is 723. The van der Waals surface area contributed by atoms with Crippen LogP contribution in [0.15, 0.2) is 23.3 Å². The first-order valence-electron chi connectivity index (χ1n) is 7.48. The summed E-state index contributed by atoms with van der Waals surface area (Å²) in [7, 11) is 0.701. The fourth-order valence-corrected chi connectivity index (χ4v) is 2.80. The molecule has 0 saturated heterocycles. The molecule has 2 rings (SSSR count). The number of methoxy groups -OCH3 is 1. The molecule has 1 aromatic carbocycles. The molecule has 0 bridgehead atoms. The number of aliphatic hydroxyl groups is 1. The zero-order valence-corrected chi connectivity index (χ0v) is 14.1. The predicted octanol–water partition coefficient (Wildman–Crippen LogP) is 4.43. The quantitative estimate of drug-likeness (QED) is 0.731. The van der Waals surface area contributed by atoms with Gasteiger partial charge in [0.1, 0.15) is 0 Å². The van der Waals surface area contributed by atoms with Gasteiger partial charge >= 0.3 is 18.5 Å². The molecule has 1 heterocycles. The maximum atomic E-state index is 13.1. The largest absolute Gasteiger partial charge is 0.416 e. The summed E-state index contributed by atoms with van der Waals surface area (Å²) in [5.74, 6) is -1.85. The van der Waals surface area contributed by atoms with Crippen LogP contribution in [0.5, 0.6) is 0 Å². The Morgan fingerprint density at radius 2 is 1.43 bits per heavy atom. The van der Waals surface area contributed by atoms with E-state index in [0.717, 1.165) is 6.92 Å². The van der Waals surface area contributed by atoms with Crippen LogP contribution in [0.1, 0.15) is 18.1 Å². The van der Waals surface area contributed by atoms with E-state index in [0.29, 0.717) is 7.11 Å². The minimum atomic E-state index is -5.17. The minimum Gasteiger partial charge on any atom is -0.371 e. The molecule has 4 nitrogen and oxygen atoms in total. The van der Waals surface area contributed by atoms with Crippen LogP contribution in [0.2, 0.25) is 0 Å². The number of hydrogen-bond acceptors (Lipinski definition) is 4. The summed E-state index contributed by atoms with van der Waals surface area (Å²) >= 11 is 0. The number of hydrazone groups is 1. The zero-order valence-electron chi connectivity index (χ0n) is 14.1. The van der Waals surface area contributed by atoms with Crippen molar-refractivity contribution in [2.45, 2.75) is 37.8 Å². The van der Waals surface area contributed by atoms with Crippen molar-refractivity contribution >= 4 is 11.4 Å². The van der Waals surface area contributed by atoms with Crippen LogP contribution in [-0.2, 0) is 17.1 Å². The third-order valence-corrected chi connectivity index (χ3v) is 4.06. The molecule has 1 aromatic rings. The van der Waals surface area contributed by atoms with E-state index in [1.807, 2.05) is 0 Å². The van der Waals surface area contributed by atoms with Crippen molar-refractivity contribution in [1.29, 1.82) is 0 Å². The molecule has 1 aliphatic heterocycles. The molecule has 0 aliphatic carbocycles. The molecule has 0 radical (unpaired) electrons. The Morgan fingerprint density at radius 1 is 0.964 bits per heavy atom. The van der Waals surface area contributed by atoms with Gasteiger partial charge in [-0.2, -0.15) is 44.6 Å². The van der Waals surface area contributed by atoms with Crippen LogP contribution in [0.4, 0.5) is 45.2 Å². The molecular weight excluding hydrogens is 411 g/mol. The number of anilines is 1. The Morgan fingerprint density at radius 3 is 1.79 bits per heavy atom. The zero-order chi connectivity index (χ0) is 21.7. The number of nitrogens with zero attached hydrogens (tertiary/aromatic N) is 2. The molecule has 13 heteroatoms. The fourth-order valence-electron chi connectivity index (χ4n) is 2.80. The second-order valence-electron chi connectivity index (χ2n) is 5.99. The van der Waals surface area contributed by atoms with Gasteiger partial charge in [0.2, 0.25) is 0 Å². The Labute approximate surface area is 152 Å². The van der Waals surface area contributed by atoms with Gasteiger partial charge in [-0.25, -0.2) is 5.01 Å². The van der Waals surface area contributed by atoms with Crippen LogP contribution in [0.3, 0.4) is 0 Å². The smallest absolute Gasteiger partial charge is 0.371 e.